The monoisotopic (exact) mass is 533 g/mol. The predicted octanol–water partition coefficient (Wildman–Crippen LogP) is 7.19. The van der Waals surface area contributed by atoms with E-state index in [9.17, 15) is 30.5 Å². The van der Waals surface area contributed by atoms with Gasteiger partial charge in [-0.1, -0.05) is 50.2 Å². The number of hydrogen-bond acceptors (Lipinski definition) is 5. The van der Waals surface area contributed by atoms with Gasteiger partial charge < -0.3 is 14.0 Å². The van der Waals surface area contributed by atoms with E-state index in [2.05, 4.69) is 26.0 Å². The topological polar surface area (TPSA) is 75.7 Å². The minimum absolute atomic E-state index is 0.195. The predicted molar refractivity (Wildman–Crippen MR) is 128 cm³/mol. The number of halogens is 4. The van der Waals surface area contributed by atoms with E-state index >= 15 is 0 Å². The van der Waals surface area contributed by atoms with E-state index in [1.54, 1.807) is 24.3 Å². The maximum atomic E-state index is 14.3. The molecule has 0 spiro atoms. The molecule has 0 aliphatic rings. The van der Waals surface area contributed by atoms with E-state index in [0.717, 1.165) is 12.0 Å². The normalized spacial score (nSPS) is 12.5. The standard InChI is InChI=1S/C27H22F4O5S/c1-3-15(2)17-6-4-16(5-7-17)14-35-20-10-8-18-9-11-21(13-19(18)12-20)36-26-22(28)24(30)27(37(32,33)34)25(31)23(26)29/h4-13,15H,3,14H2,1-2H3,(H,32,33,34)/p-1. The van der Waals surface area contributed by atoms with Crippen LogP contribution in [-0.4, -0.2) is 13.0 Å². The number of ether oxygens (including phenoxy) is 2. The van der Waals surface area contributed by atoms with E-state index in [0.29, 0.717) is 29.0 Å². The maximum Gasteiger partial charge on any atom is 0.205 e. The van der Waals surface area contributed by atoms with Crippen LogP contribution in [0, 0.1) is 23.3 Å². The van der Waals surface area contributed by atoms with Crippen LogP contribution in [0.15, 0.2) is 65.6 Å². The first kappa shape index (κ1) is 26.4. The molecule has 194 valence electrons. The molecule has 0 fully saturated rings. The van der Waals surface area contributed by atoms with Crippen LogP contribution < -0.4 is 9.47 Å². The second kappa shape index (κ2) is 10.4. The quantitative estimate of drug-likeness (QED) is 0.136. The molecule has 5 nitrogen and oxygen atoms in total. The molecular formula is C27H21F4O5S-. The summed E-state index contributed by atoms with van der Waals surface area (Å²) in [7, 11) is -5.81. The van der Waals surface area contributed by atoms with Crippen molar-refractivity contribution < 1.29 is 40.0 Å². The first-order valence-electron chi connectivity index (χ1n) is 11.2. The van der Waals surface area contributed by atoms with Crippen molar-refractivity contribution in [2.24, 2.45) is 0 Å². The Kier molecular flexibility index (Phi) is 7.42. The van der Waals surface area contributed by atoms with Gasteiger partial charge in [0.25, 0.3) is 0 Å². The van der Waals surface area contributed by atoms with Crippen LogP contribution in [0.1, 0.15) is 37.3 Å². The highest BCUT2D eigenvalue weighted by atomic mass is 32.2. The fraction of sp³-hybridized carbons (Fsp3) is 0.185. The van der Waals surface area contributed by atoms with Gasteiger partial charge >= 0.3 is 0 Å². The van der Waals surface area contributed by atoms with Crippen molar-refractivity contribution in [2.75, 3.05) is 0 Å². The Morgan fingerprint density at radius 1 is 0.811 bits per heavy atom. The lowest BCUT2D eigenvalue weighted by atomic mass is 9.98. The molecule has 1 unspecified atom stereocenters. The van der Waals surface area contributed by atoms with Gasteiger partial charge in [-0.3, -0.25) is 0 Å². The highest BCUT2D eigenvalue weighted by Gasteiger charge is 2.30. The van der Waals surface area contributed by atoms with Crippen molar-refractivity contribution >= 4 is 20.9 Å². The molecule has 37 heavy (non-hydrogen) atoms. The molecule has 0 aromatic heterocycles. The van der Waals surface area contributed by atoms with Crippen LogP contribution >= 0.6 is 0 Å². The molecule has 0 aliphatic heterocycles. The summed E-state index contributed by atoms with van der Waals surface area (Å²) >= 11 is 0. The zero-order valence-corrected chi connectivity index (χ0v) is 20.5. The number of rotatable bonds is 8. The Balaban J connectivity index is 1.57. The molecule has 1 atom stereocenters. The second-order valence-corrected chi connectivity index (χ2v) is 9.80. The molecule has 0 bridgehead atoms. The van der Waals surface area contributed by atoms with Gasteiger partial charge in [0.15, 0.2) is 11.6 Å². The molecule has 0 saturated heterocycles. The molecule has 0 N–H and O–H groups in total. The van der Waals surface area contributed by atoms with Gasteiger partial charge in [0.2, 0.25) is 17.4 Å². The van der Waals surface area contributed by atoms with E-state index < -0.39 is 44.0 Å². The molecule has 0 amide bonds. The minimum Gasteiger partial charge on any atom is -0.744 e. The zero-order chi connectivity index (χ0) is 26.9. The summed E-state index contributed by atoms with van der Waals surface area (Å²) in [5.41, 5.74) is 2.20. The third-order valence-electron chi connectivity index (χ3n) is 6.00. The number of benzene rings is 4. The molecule has 0 saturated carbocycles. The van der Waals surface area contributed by atoms with Crippen LogP contribution in [0.4, 0.5) is 17.6 Å². The van der Waals surface area contributed by atoms with Gasteiger partial charge in [0.1, 0.15) is 33.1 Å². The smallest absolute Gasteiger partial charge is 0.205 e. The van der Waals surface area contributed by atoms with Crippen LogP contribution in [0.25, 0.3) is 10.8 Å². The SMILES string of the molecule is CCC(C)c1ccc(COc2ccc3ccc(Oc4c(F)c(F)c(S(=O)(=O)[O-])c(F)c4F)cc3c2)cc1. The van der Waals surface area contributed by atoms with Gasteiger partial charge in [0.05, 0.1) is 0 Å². The zero-order valence-electron chi connectivity index (χ0n) is 19.7. The third kappa shape index (κ3) is 5.55. The summed E-state index contributed by atoms with van der Waals surface area (Å²) in [5, 5.41) is 1.24. The largest absolute Gasteiger partial charge is 0.744 e. The lowest BCUT2D eigenvalue weighted by molar-refractivity contribution is 0.306. The molecule has 0 heterocycles. The van der Waals surface area contributed by atoms with Crippen molar-refractivity contribution in [1.82, 2.24) is 0 Å². The summed E-state index contributed by atoms with van der Waals surface area (Å²) in [6.07, 6.45) is 1.04. The Morgan fingerprint density at radius 2 is 1.38 bits per heavy atom. The maximum absolute atomic E-state index is 14.3. The van der Waals surface area contributed by atoms with Crippen molar-refractivity contribution in [3.63, 3.8) is 0 Å². The van der Waals surface area contributed by atoms with Gasteiger partial charge in [-0.25, -0.2) is 17.2 Å². The van der Waals surface area contributed by atoms with E-state index in [1.165, 1.54) is 17.7 Å². The molecule has 4 rings (SSSR count). The lowest BCUT2D eigenvalue weighted by Gasteiger charge is -2.15. The van der Waals surface area contributed by atoms with Crippen LogP contribution in [0.3, 0.4) is 0 Å². The Bertz CT molecular complexity index is 1540. The highest BCUT2D eigenvalue weighted by Crippen LogP contribution is 2.36. The van der Waals surface area contributed by atoms with E-state index in [1.807, 2.05) is 12.1 Å². The van der Waals surface area contributed by atoms with E-state index in [4.69, 9.17) is 9.47 Å². The fourth-order valence-electron chi connectivity index (χ4n) is 3.72. The first-order chi connectivity index (χ1) is 17.5. The van der Waals surface area contributed by atoms with Crippen molar-refractivity contribution in [3.8, 4) is 17.2 Å². The van der Waals surface area contributed by atoms with Crippen LogP contribution in [0.5, 0.6) is 17.2 Å². The van der Waals surface area contributed by atoms with Crippen LogP contribution in [-0.2, 0) is 16.7 Å². The van der Waals surface area contributed by atoms with E-state index in [-0.39, 0.29) is 5.75 Å². The van der Waals surface area contributed by atoms with Crippen molar-refractivity contribution in [1.29, 1.82) is 0 Å². The van der Waals surface area contributed by atoms with Crippen molar-refractivity contribution in [2.45, 2.75) is 37.7 Å². The van der Waals surface area contributed by atoms with Gasteiger partial charge in [-0.15, -0.1) is 0 Å². The molecule has 4 aromatic rings. The Labute approximate surface area is 211 Å². The average molecular weight is 534 g/mol. The number of hydrogen-bond donors (Lipinski definition) is 0. The first-order valence-corrected chi connectivity index (χ1v) is 12.7. The molecule has 10 heteroatoms. The summed E-state index contributed by atoms with van der Waals surface area (Å²) < 4.78 is 101. The lowest BCUT2D eigenvalue weighted by Crippen LogP contribution is -2.11. The fourth-order valence-corrected chi connectivity index (χ4v) is 4.34. The molecular weight excluding hydrogens is 512 g/mol. The Morgan fingerprint density at radius 3 is 1.95 bits per heavy atom. The third-order valence-corrected chi connectivity index (χ3v) is 6.86. The average Bonchev–Trinajstić information content (AvgIpc) is 2.87. The molecule has 0 radical (unpaired) electrons. The Hall–Kier alpha value is -3.63. The number of fused-ring (bicyclic) bond motifs is 1. The van der Waals surface area contributed by atoms with Gasteiger partial charge in [-0.05, 0) is 58.5 Å². The molecule has 0 aliphatic carbocycles. The summed E-state index contributed by atoms with van der Waals surface area (Å²) in [6.45, 7) is 4.57. The van der Waals surface area contributed by atoms with Crippen molar-refractivity contribution in [3.05, 3.63) is 95.1 Å². The van der Waals surface area contributed by atoms with Crippen LogP contribution in [0.2, 0.25) is 0 Å². The summed E-state index contributed by atoms with van der Waals surface area (Å²) in [4.78, 5) is -2.25. The second-order valence-electron chi connectivity index (χ2n) is 8.48. The highest BCUT2D eigenvalue weighted by molar-refractivity contribution is 7.85. The van der Waals surface area contributed by atoms with Gasteiger partial charge in [0, 0.05) is 0 Å². The minimum atomic E-state index is -5.81. The van der Waals surface area contributed by atoms with Gasteiger partial charge in [-0.2, -0.15) is 8.78 Å². The summed E-state index contributed by atoms with van der Waals surface area (Å²) in [5.74, 6) is -9.78. The molecule has 4 aromatic carbocycles. The summed E-state index contributed by atoms with van der Waals surface area (Å²) in [6, 6.07) is 17.4.